The van der Waals surface area contributed by atoms with Crippen LogP contribution in [0.25, 0.3) is 0 Å². The third-order valence-electron chi connectivity index (χ3n) is 4.69. The summed E-state index contributed by atoms with van der Waals surface area (Å²) in [4.78, 5) is 24.1. The van der Waals surface area contributed by atoms with E-state index in [0.717, 1.165) is 18.4 Å². The molecule has 28 heavy (non-hydrogen) atoms. The van der Waals surface area contributed by atoms with E-state index in [1.807, 2.05) is 37.3 Å². The van der Waals surface area contributed by atoms with Crippen molar-refractivity contribution < 1.29 is 23.8 Å². The Morgan fingerprint density at radius 3 is 2.54 bits per heavy atom. The fraction of sp³-hybridized carbons (Fsp3) is 0.364. The quantitative estimate of drug-likeness (QED) is 0.672. The number of ether oxygens (including phenoxy) is 3. The summed E-state index contributed by atoms with van der Waals surface area (Å²) in [5.74, 6) is 0.632. The molecule has 3 rings (SSSR count). The lowest BCUT2D eigenvalue weighted by Gasteiger charge is -2.14. The molecule has 0 aromatic heterocycles. The highest BCUT2D eigenvalue weighted by Crippen LogP contribution is 2.32. The normalized spacial score (nSPS) is 14.1. The number of hydrogen-bond acceptors (Lipinski definition) is 5. The van der Waals surface area contributed by atoms with Crippen LogP contribution in [0.5, 0.6) is 11.5 Å². The summed E-state index contributed by atoms with van der Waals surface area (Å²) in [5.41, 5.74) is 1.33. The van der Waals surface area contributed by atoms with Crippen molar-refractivity contribution in [1.82, 2.24) is 5.32 Å². The van der Waals surface area contributed by atoms with Gasteiger partial charge in [-0.3, -0.25) is 4.79 Å². The molecule has 1 N–H and O–H groups in total. The minimum atomic E-state index is -0.581. The van der Waals surface area contributed by atoms with Crippen molar-refractivity contribution >= 4 is 11.9 Å². The molecule has 2 aromatic carbocycles. The van der Waals surface area contributed by atoms with Crippen LogP contribution in [0.15, 0.2) is 48.5 Å². The number of benzene rings is 2. The smallest absolute Gasteiger partial charge is 0.338 e. The van der Waals surface area contributed by atoms with Gasteiger partial charge in [0.25, 0.3) is 5.91 Å². The van der Waals surface area contributed by atoms with Gasteiger partial charge in [0, 0.05) is 6.04 Å². The average Bonchev–Trinajstić information content (AvgIpc) is 3.56. The molecule has 0 aliphatic heterocycles. The lowest BCUT2D eigenvalue weighted by atomic mass is 10.2. The number of esters is 1. The van der Waals surface area contributed by atoms with Gasteiger partial charge in [0.2, 0.25) is 0 Å². The van der Waals surface area contributed by atoms with Gasteiger partial charge in [-0.15, -0.1) is 0 Å². The molecule has 1 unspecified atom stereocenters. The van der Waals surface area contributed by atoms with Crippen molar-refractivity contribution in [2.24, 2.45) is 5.92 Å². The summed E-state index contributed by atoms with van der Waals surface area (Å²) in [7, 11) is 1.51. The number of methoxy groups -OCH3 is 1. The average molecular weight is 383 g/mol. The molecule has 0 bridgehead atoms. The zero-order valence-corrected chi connectivity index (χ0v) is 16.1. The molecule has 0 radical (unpaired) electrons. The van der Waals surface area contributed by atoms with Gasteiger partial charge in [-0.25, -0.2) is 4.79 Å². The van der Waals surface area contributed by atoms with Crippen molar-refractivity contribution in [1.29, 1.82) is 0 Å². The molecular formula is C22H25NO5. The fourth-order valence-corrected chi connectivity index (χ4v) is 2.87. The Morgan fingerprint density at radius 2 is 1.86 bits per heavy atom. The lowest BCUT2D eigenvalue weighted by Crippen LogP contribution is -2.37. The van der Waals surface area contributed by atoms with Crippen molar-refractivity contribution in [2.75, 3.05) is 13.7 Å². The molecule has 1 saturated carbocycles. The SMILES string of the molecule is COc1cc(C(=O)OCC(=O)NC(C)C2CC2)ccc1OCc1ccccc1. The molecule has 1 atom stereocenters. The highest BCUT2D eigenvalue weighted by Gasteiger charge is 2.29. The number of hydrogen-bond donors (Lipinski definition) is 1. The zero-order chi connectivity index (χ0) is 19.9. The monoisotopic (exact) mass is 383 g/mol. The van der Waals surface area contributed by atoms with Crippen molar-refractivity contribution in [3.05, 3.63) is 59.7 Å². The number of carbonyl (C=O) groups is 2. The number of rotatable bonds is 9. The van der Waals surface area contributed by atoms with Crippen LogP contribution in [-0.2, 0) is 16.1 Å². The van der Waals surface area contributed by atoms with Gasteiger partial charge in [-0.2, -0.15) is 0 Å². The molecule has 1 aliphatic carbocycles. The minimum absolute atomic E-state index is 0.118. The minimum Gasteiger partial charge on any atom is -0.493 e. The van der Waals surface area contributed by atoms with Gasteiger partial charge in [0.1, 0.15) is 6.61 Å². The van der Waals surface area contributed by atoms with E-state index in [9.17, 15) is 9.59 Å². The van der Waals surface area contributed by atoms with Gasteiger partial charge in [0.15, 0.2) is 18.1 Å². The van der Waals surface area contributed by atoms with Crippen LogP contribution < -0.4 is 14.8 Å². The molecule has 1 aliphatic rings. The lowest BCUT2D eigenvalue weighted by molar-refractivity contribution is -0.124. The predicted octanol–water partition coefficient (Wildman–Crippen LogP) is 3.35. The first-order valence-electron chi connectivity index (χ1n) is 9.38. The molecule has 0 spiro atoms. The van der Waals surface area contributed by atoms with Crippen LogP contribution in [0.1, 0.15) is 35.7 Å². The van der Waals surface area contributed by atoms with Crippen LogP contribution in [0.4, 0.5) is 0 Å². The Balaban J connectivity index is 1.54. The summed E-state index contributed by atoms with van der Waals surface area (Å²) in [6.45, 7) is 2.06. The molecule has 148 valence electrons. The maximum Gasteiger partial charge on any atom is 0.338 e. The Bertz CT molecular complexity index is 817. The zero-order valence-electron chi connectivity index (χ0n) is 16.1. The van der Waals surface area contributed by atoms with Crippen molar-refractivity contribution in [3.63, 3.8) is 0 Å². The van der Waals surface area contributed by atoms with E-state index in [0.29, 0.717) is 29.6 Å². The van der Waals surface area contributed by atoms with Crippen LogP contribution >= 0.6 is 0 Å². The largest absolute Gasteiger partial charge is 0.493 e. The molecule has 2 aromatic rings. The Kier molecular flexibility index (Phi) is 6.53. The second-order valence-electron chi connectivity index (χ2n) is 6.91. The van der Waals surface area contributed by atoms with E-state index >= 15 is 0 Å². The maximum absolute atomic E-state index is 12.2. The van der Waals surface area contributed by atoms with E-state index in [1.54, 1.807) is 18.2 Å². The third-order valence-corrected chi connectivity index (χ3v) is 4.69. The highest BCUT2D eigenvalue weighted by molar-refractivity contribution is 5.92. The molecule has 0 heterocycles. The van der Waals surface area contributed by atoms with Crippen LogP contribution in [0.2, 0.25) is 0 Å². The third kappa shape index (κ3) is 5.49. The predicted molar refractivity (Wildman–Crippen MR) is 104 cm³/mol. The van der Waals surface area contributed by atoms with E-state index in [1.165, 1.54) is 7.11 Å². The van der Waals surface area contributed by atoms with Crippen LogP contribution in [0, 0.1) is 5.92 Å². The molecule has 0 saturated heterocycles. The second-order valence-corrected chi connectivity index (χ2v) is 6.91. The summed E-state index contributed by atoms with van der Waals surface area (Å²) in [5, 5.41) is 2.85. The first-order valence-corrected chi connectivity index (χ1v) is 9.38. The summed E-state index contributed by atoms with van der Waals surface area (Å²) in [6, 6.07) is 14.7. The van der Waals surface area contributed by atoms with Gasteiger partial charge in [-0.05, 0) is 49.4 Å². The topological polar surface area (TPSA) is 73.9 Å². The number of amides is 1. The molecule has 1 fully saturated rings. The van der Waals surface area contributed by atoms with E-state index in [4.69, 9.17) is 14.2 Å². The van der Waals surface area contributed by atoms with Gasteiger partial charge in [0.05, 0.1) is 12.7 Å². The Morgan fingerprint density at radius 1 is 1.11 bits per heavy atom. The molecule has 6 heteroatoms. The van der Waals surface area contributed by atoms with Crippen molar-refractivity contribution in [3.8, 4) is 11.5 Å². The summed E-state index contributed by atoms with van der Waals surface area (Å²) in [6.07, 6.45) is 2.28. The van der Waals surface area contributed by atoms with Crippen LogP contribution in [-0.4, -0.2) is 31.6 Å². The number of nitrogens with one attached hydrogen (secondary N) is 1. The van der Waals surface area contributed by atoms with Crippen LogP contribution in [0.3, 0.4) is 0 Å². The first kappa shape index (κ1) is 19.7. The second kappa shape index (κ2) is 9.26. The first-order chi connectivity index (χ1) is 13.6. The molecule has 6 nitrogen and oxygen atoms in total. The summed E-state index contributed by atoms with van der Waals surface area (Å²) >= 11 is 0. The standard InChI is InChI=1S/C22H25NO5/c1-15(17-8-9-17)23-21(24)14-28-22(25)18-10-11-19(20(12-18)26-2)27-13-16-6-4-3-5-7-16/h3-7,10-12,15,17H,8-9,13-14H2,1-2H3,(H,23,24). The van der Waals surface area contributed by atoms with E-state index in [2.05, 4.69) is 5.32 Å². The van der Waals surface area contributed by atoms with Gasteiger partial charge >= 0.3 is 5.97 Å². The highest BCUT2D eigenvalue weighted by atomic mass is 16.5. The van der Waals surface area contributed by atoms with Crippen molar-refractivity contribution in [2.45, 2.75) is 32.4 Å². The summed E-state index contributed by atoms with van der Waals surface area (Å²) < 4.78 is 16.2. The molecular weight excluding hydrogens is 358 g/mol. The Labute approximate surface area is 164 Å². The maximum atomic E-state index is 12.2. The number of carbonyl (C=O) groups excluding carboxylic acids is 2. The Hall–Kier alpha value is -3.02. The fourth-order valence-electron chi connectivity index (χ4n) is 2.87. The van der Waals surface area contributed by atoms with E-state index < -0.39 is 5.97 Å². The molecule has 1 amide bonds. The van der Waals surface area contributed by atoms with Gasteiger partial charge in [-0.1, -0.05) is 30.3 Å². The van der Waals surface area contributed by atoms with E-state index in [-0.39, 0.29) is 18.6 Å². The van der Waals surface area contributed by atoms with Gasteiger partial charge < -0.3 is 19.5 Å².